The third-order valence-corrected chi connectivity index (χ3v) is 4.64. The van der Waals surface area contributed by atoms with Gasteiger partial charge in [0.25, 0.3) is 5.91 Å². The molecule has 4 aromatic rings. The van der Waals surface area contributed by atoms with Crippen molar-refractivity contribution in [1.82, 2.24) is 14.5 Å². The quantitative estimate of drug-likeness (QED) is 0.563. The number of hydrogen-bond donors (Lipinski definition) is 1. The molecule has 0 aliphatic rings. The van der Waals surface area contributed by atoms with Crippen LogP contribution in [0, 0.1) is 13.8 Å². The molecule has 6 heteroatoms. The van der Waals surface area contributed by atoms with E-state index in [4.69, 9.17) is 11.6 Å². The summed E-state index contributed by atoms with van der Waals surface area (Å²) in [5, 5.41) is 4.36. The number of carbonyl (C=O) groups excluding carboxylic acids is 1. The van der Waals surface area contributed by atoms with Crippen LogP contribution in [0.15, 0.2) is 42.5 Å². The Morgan fingerprint density at radius 2 is 1.85 bits per heavy atom. The molecule has 0 saturated heterocycles. The van der Waals surface area contributed by atoms with E-state index < -0.39 is 0 Å². The monoisotopic (exact) mass is 364 g/mol. The highest BCUT2D eigenvalue weighted by molar-refractivity contribution is 6.31. The maximum Gasteiger partial charge on any atom is 0.258 e. The molecule has 4 rings (SSSR count). The van der Waals surface area contributed by atoms with Gasteiger partial charge in [0.05, 0.1) is 22.1 Å². The number of anilines is 1. The maximum atomic E-state index is 13.0. The normalized spacial score (nSPS) is 11.2. The number of hydrogen-bond acceptors (Lipinski definition) is 3. The van der Waals surface area contributed by atoms with Gasteiger partial charge in [-0.1, -0.05) is 23.2 Å². The molecule has 2 aromatic carbocycles. The van der Waals surface area contributed by atoms with Crippen LogP contribution < -0.4 is 5.32 Å². The highest BCUT2D eigenvalue weighted by atomic mass is 35.5. The minimum Gasteiger partial charge on any atom is -0.313 e. The van der Waals surface area contributed by atoms with E-state index in [-0.39, 0.29) is 5.91 Å². The predicted molar refractivity (Wildman–Crippen MR) is 105 cm³/mol. The summed E-state index contributed by atoms with van der Waals surface area (Å²) in [6.07, 6.45) is 0. The van der Waals surface area contributed by atoms with Crippen molar-refractivity contribution in [2.75, 3.05) is 5.32 Å². The average molecular weight is 365 g/mol. The summed E-state index contributed by atoms with van der Waals surface area (Å²) in [5.41, 5.74) is 4.90. The second-order valence-electron chi connectivity index (χ2n) is 6.41. The van der Waals surface area contributed by atoms with Crippen molar-refractivity contribution >= 4 is 45.4 Å². The number of imidazole rings is 1. The van der Waals surface area contributed by atoms with Crippen molar-refractivity contribution in [2.24, 2.45) is 7.05 Å². The van der Waals surface area contributed by atoms with Gasteiger partial charge in [-0.3, -0.25) is 15.1 Å². The molecule has 130 valence electrons. The molecule has 0 fully saturated rings. The van der Waals surface area contributed by atoms with Crippen LogP contribution in [0.3, 0.4) is 0 Å². The Balaban J connectivity index is 1.79. The molecule has 0 aliphatic heterocycles. The molecule has 0 radical (unpaired) electrons. The van der Waals surface area contributed by atoms with Crippen LogP contribution in [0.1, 0.15) is 21.6 Å². The number of aryl methyl sites for hydroxylation is 3. The van der Waals surface area contributed by atoms with Crippen molar-refractivity contribution in [1.29, 1.82) is 0 Å². The first-order chi connectivity index (χ1) is 12.4. The Bertz CT molecular complexity index is 1180. The van der Waals surface area contributed by atoms with Crippen LogP contribution in [0.2, 0.25) is 5.02 Å². The van der Waals surface area contributed by atoms with Gasteiger partial charge in [-0.2, -0.15) is 0 Å². The fraction of sp³-hybridized carbons (Fsp3) is 0.150. The molecule has 2 aromatic heterocycles. The minimum absolute atomic E-state index is 0.212. The Hall–Kier alpha value is -2.92. The molecular weight excluding hydrogens is 348 g/mol. The topological polar surface area (TPSA) is 59.8 Å². The number of nitrogens with one attached hydrogen (secondary N) is 1. The summed E-state index contributed by atoms with van der Waals surface area (Å²) in [4.78, 5) is 22.0. The van der Waals surface area contributed by atoms with Crippen LogP contribution in [0.25, 0.3) is 21.9 Å². The van der Waals surface area contributed by atoms with Gasteiger partial charge in [-0.05, 0) is 50.2 Å². The van der Waals surface area contributed by atoms with E-state index in [1.165, 1.54) is 0 Å². The number of rotatable bonds is 2. The van der Waals surface area contributed by atoms with E-state index in [2.05, 4.69) is 15.3 Å². The molecule has 0 atom stereocenters. The lowest BCUT2D eigenvalue weighted by molar-refractivity contribution is 0.102. The van der Waals surface area contributed by atoms with Gasteiger partial charge >= 0.3 is 0 Å². The van der Waals surface area contributed by atoms with Crippen LogP contribution in [-0.2, 0) is 7.05 Å². The Labute approximate surface area is 155 Å². The number of nitrogens with zero attached hydrogens (tertiary/aromatic N) is 3. The zero-order valence-corrected chi connectivity index (χ0v) is 15.4. The van der Waals surface area contributed by atoms with Crippen molar-refractivity contribution in [2.45, 2.75) is 13.8 Å². The standard InChI is InChI=1S/C20H17ClN4O/c1-11-4-6-16-14(8-11)15(9-12(2)22-16)19(26)24-20-23-17-10-13(21)5-7-18(17)25(20)3/h4-10H,1-3H3,(H,23,24,26). The van der Waals surface area contributed by atoms with E-state index in [0.717, 1.165) is 33.2 Å². The molecule has 0 bridgehead atoms. The average Bonchev–Trinajstić information content (AvgIpc) is 2.89. The van der Waals surface area contributed by atoms with Gasteiger partial charge in [0.15, 0.2) is 0 Å². The lowest BCUT2D eigenvalue weighted by Gasteiger charge is -2.09. The summed E-state index contributed by atoms with van der Waals surface area (Å²) in [5.74, 6) is 0.262. The van der Waals surface area contributed by atoms with E-state index in [1.807, 2.05) is 49.7 Å². The van der Waals surface area contributed by atoms with Crippen LogP contribution in [0.4, 0.5) is 5.95 Å². The van der Waals surface area contributed by atoms with Crippen LogP contribution in [0.5, 0.6) is 0 Å². The zero-order chi connectivity index (χ0) is 18.4. The maximum absolute atomic E-state index is 13.0. The molecule has 1 N–H and O–H groups in total. The van der Waals surface area contributed by atoms with E-state index in [9.17, 15) is 4.79 Å². The van der Waals surface area contributed by atoms with E-state index in [0.29, 0.717) is 16.5 Å². The smallest absolute Gasteiger partial charge is 0.258 e. The first-order valence-electron chi connectivity index (χ1n) is 8.24. The third-order valence-electron chi connectivity index (χ3n) is 4.41. The summed E-state index contributed by atoms with van der Waals surface area (Å²) >= 11 is 6.04. The van der Waals surface area contributed by atoms with Crippen molar-refractivity contribution in [3.63, 3.8) is 0 Å². The summed E-state index contributed by atoms with van der Waals surface area (Å²) in [7, 11) is 1.86. The Morgan fingerprint density at radius 3 is 2.65 bits per heavy atom. The van der Waals surface area contributed by atoms with Gasteiger partial charge in [0.1, 0.15) is 0 Å². The van der Waals surface area contributed by atoms with Gasteiger partial charge in [0, 0.05) is 23.2 Å². The van der Waals surface area contributed by atoms with Crippen molar-refractivity contribution in [3.8, 4) is 0 Å². The largest absolute Gasteiger partial charge is 0.313 e. The molecule has 26 heavy (non-hydrogen) atoms. The number of amides is 1. The fourth-order valence-electron chi connectivity index (χ4n) is 3.11. The third kappa shape index (κ3) is 2.80. The van der Waals surface area contributed by atoms with Gasteiger partial charge in [-0.25, -0.2) is 4.98 Å². The second-order valence-corrected chi connectivity index (χ2v) is 6.85. The van der Waals surface area contributed by atoms with Crippen molar-refractivity contribution < 1.29 is 4.79 Å². The molecule has 0 saturated carbocycles. The van der Waals surface area contributed by atoms with Crippen LogP contribution >= 0.6 is 11.6 Å². The lowest BCUT2D eigenvalue weighted by atomic mass is 10.0. The second kappa shape index (κ2) is 6.11. The number of pyridine rings is 1. The molecule has 0 spiro atoms. The van der Waals surface area contributed by atoms with Gasteiger partial charge in [0.2, 0.25) is 5.95 Å². The SMILES string of the molecule is Cc1ccc2nc(C)cc(C(=O)Nc3nc4cc(Cl)ccc4n3C)c2c1. The molecule has 2 heterocycles. The zero-order valence-electron chi connectivity index (χ0n) is 14.7. The number of aromatic nitrogens is 3. The summed E-state index contributed by atoms with van der Waals surface area (Å²) in [6.45, 7) is 3.88. The van der Waals surface area contributed by atoms with Gasteiger partial charge in [-0.15, -0.1) is 0 Å². The first-order valence-corrected chi connectivity index (χ1v) is 8.61. The highest BCUT2D eigenvalue weighted by Crippen LogP contribution is 2.24. The van der Waals surface area contributed by atoms with Crippen LogP contribution in [-0.4, -0.2) is 20.4 Å². The number of benzene rings is 2. The number of halogens is 1. The Kier molecular flexibility index (Phi) is 3.89. The van der Waals surface area contributed by atoms with E-state index in [1.54, 1.807) is 18.2 Å². The molecule has 5 nitrogen and oxygen atoms in total. The molecule has 0 unspecified atom stereocenters. The van der Waals surface area contributed by atoms with Gasteiger partial charge < -0.3 is 4.57 Å². The number of fused-ring (bicyclic) bond motifs is 2. The molecule has 1 amide bonds. The highest BCUT2D eigenvalue weighted by Gasteiger charge is 2.16. The fourth-order valence-corrected chi connectivity index (χ4v) is 3.28. The van der Waals surface area contributed by atoms with Crippen molar-refractivity contribution in [3.05, 3.63) is 64.3 Å². The number of carbonyl (C=O) groups is 1. The predicted octanol–water partition coefficient (Wildman–Crippen LogP) is 4.64. The Morgan fingerprint density at radius 1 is 1.04 bits per heavy atom. The first kappa shape index (κ1) is 16.5. The molecule has 0 aliphatic carbocycles. The van der Waals surface area contributed by atoms with E-state index >= 15 is 0 Å². The molecular formula is C20H17ClN4O. The lowest BCUT2D eigenvalue weighted by Crippen LogP contribution is -2.16. The summed E-state index contributed by atoms with van der Waals surface area (Å²) in [6, 6.07) is 13.2. The minimum atomic E-state index is -0.212. The summed E-state index contributed by atoms with van der Waals surface area (Å²) < 4.78 is 1.84.